The van der Waals surface area contributed by atoms with Crippen LogP contribution in [0, 0.1) is 5.92 Å². The molecule has 1 N–H and O–H groups in total. The summed E-state index contributed by atoms with van der Waals surface area (Å²) in [6.45, 7) is 3.79. The summed E-state index contributed by atoms with van der Waals surface area (Å²) in [5, 5.41) is 9.37. The monoisotopic (exact) mass is 394 g/mol. The van der Waals surface area contributed by atoms with E-state index in [1.54, 1.807) is 28.3 Å². The number of carboxylic acids is 1. The van der Waals surface area contributed by atoms with Crippen molar-refractivity contribution in [2.45, 2.75) is 20.3 Å². The number of allylic oxidation sites excluding steroid dienone is 3. The van der Waals surface area contributed by atoms with Crippen LogP contribution in [0.25, 0.3) is 17.2 Å². The van der Waals surface area contributed by atoms with Gasteiger partial charge in [0.1, 0.15) is 0 Å². The summed E-state index contributed by atoms with van der Waals surface area (Å²) >= 11 is 0. The van der Waals surface area contributed by atoms with Crippen molar-refractivity contribution < 1.29 is 24.1 Å². The van der Waals surface area contributed by atoms with Crippen LogP contribution in [0.2, 0.25) is 0 Å². The lowest BCUT2D eigenvalue weighted by Gasteiger charge is -2.13. The highest BCUT2D eigenvalue weighted by Crippen LogP contribution is 2.46. The smallest absolute Gasteiger partial charge is 0.306 e. The molecule has 5 heteroatoms. The van der Waals surface area contributed by atoms with Gasteiger partial charge in [0.15, 0.2) is 11.5 Å². The summed E-state index contributed by atoms with van der Waals surface area (Å²) in [6.07, 6.45) is 2.57. The lowest BCUT2D eigenvalue weighted by molar-refractivity contribution is -0.140. The van der Waals surface area contributed by atoms with Crippen LogP contribution in [0.5, 0.6) is 17.2 Å². The molecule has 0 saturated heterocycles. The van der Waals surface area contributed by atoms with Crippen LogP contribution in [0.1, 0.15) is 37.0 Å². The SMILES string of the molecule is COc1cc(/C=C2\C(C)=C(CC(C)C(=O)O)c3ccccc32)cc(OC)c1OC. The lowest BCUT2D eigenvalue weighted by Crippen LogP contribution is -2.09. The lowest BCUT2D eigenvalue weighted by atomic mass is 9.95. The van der Waals surface area contributed by atoms with Crippen LogP contribution < -0.4 is 14.2 Å². The first-order valence-electron chi connectivity index (χ1n) is 9.45. The fraction of sp³-hybridized carbons (Fsp3) is 0.292. The third-order valence-electron chi connectivity index (χ3n) is 5.33. The third-order valence-corrected chi connectivity index (χ3v) is 5.33. The van der Waals surface area contributed by atoms with Crippen molar-refractivity contribution in [3.8, 4) is 17.2 Å². The minimum Gasteiger partial charge on any atom is -0.493 e. The second-order valence-electron chi connectivity index (χ2n) is 7.11. The Morgan fingerprint density at radius 1 is 1.03 bits per heavy atom. The molecule has 0 fully saturated rings. The van der Waals surface area contributed by atoms with E-state index in [2.05, 4.69) is 18.2 Å². The molecular weight excluding hydrogens is 368 g/mol. The van der Waals surface area contributed by atoms with Gasteiger partial charge in [-0.05, 0) is 65.0 Å². The highest BCUT2D eigenvalue weighted by atomic mass is 16.5. The molecule has 0 radical (unpaired) electrons. The number of hydrogen-bond donors (Lipinski definition) is 1. The van der Waals surface area contributed by atoms with Crippen molar-refractivity contribution in [2.24, 2.45) is 5.92 Å². The van der Waals surface area contributed by atoms with Crippen LogP contribution in [-0.2, 0) is 4.79 Å². The Bertz CT molecular complexity index is 975. The first-order chi connectivity index (χ1) is 13.9. The topological polar surface area (TPSA) is 65.0 Å². The summed E-state index contributed by atoms with van der Waals surface area (Å²) in [4.78, 5) is 11.4. The number of fused-ring (bicyclic) bond motifs is 1. The van der Waals surface area contributed by atoms with Crippen molar-refractivity contribution in [1.82, 2.24) is 0 Å². The maximum atomic E-state index is 11.4. The standard InChI is InChI=1S/C24H26O5/c1-14(24(25)26)10-19-15(2)20(18-9-7-6-8-17(18)19)11-16-12-21(27-3)23(29-5)22(13-16)28-4/h6-9,11-14H,10H2,1-5H3,(H,25,26)/b20-11+. The van der Waals surface area contributed by atoms with E-state index in [9.17, 15) is 9.90 Å². The van der Waals surface area contributed by atoms with Gasteiger partial charge in [0, 0.05) is 0 Å². The molecule has 0 aromatic heterocycles. The van der Waals surface area contributed by atoms with Gasteiger partial charge in [0.25, 0.3) is 0 Å². The molecule has 1 aliphatic rings. The molecule has 0 amide bonds. The minimum atomic E-state index is -0.787. The molecule has 2 aromatic carbocycles. The van der Waals surface area contributed by atoms with Crippen LogP contribution in [0.15, 0.2) is 42.0 Å². The van der Waals surface area contributed by atoms with E-state index in [1.807, 2.05) is 31.2 Å². The molecule has 0 spiro atoms. The molecule has 152 valence electrons. The zero-order valence-electron chi connectivity index (χ0n) is 17.4. The van der Waals surface area contributed by atoms with E-state index in [0.717, 1.165) is 33.4 Å². The molecule has 0 heterocycles. The predicted octanol–water partition coefficient (Wildman–Crippen LogP) is 5.15. The van der Waals surface area contributed by atoms with Gasteiger partial charge in [-0.1, -0.05) is 31.2 Å². The molecule has 1 aliphatic carbocycles. The maximum Gasteiger partial charge on any atom is 0.306 e. The average Bonchev–Trinajstić information content (AvgIpc) is 2.98. The van der Waals surface area contributed by atoms with Crippen molar-refractivity contribution in [2.75, 3.05) is 21.3 Å². The molecule has 0 saturated carbocycles. The minimum absolute atomic E-state index is 0.450. The zero-order chi connectivity index (χ0) is 21.1. The van der Waals surface area contributed by atoms with Crippen molar-refractivity contribution in [1.29, 1.82) is 0 Å². The summed E-state index contributed by atoms with van der Waals surface area (Å²) in [6, 6.07) is 11.9. The van der Waals surface area contributed by atoms with Crippen LogP contribution in [0.4, 0.5) is 0 Å². The Hall–Kier alpha value is -3.21. The molecule has 1 atom stereocenters. The summed E-state index contributed by atoms with van der Waals surface area (Å²) in [7, 11) is 4.76. The molecule has 0 bridgehead atoms. The fourth-order valence-electron chi connectivity index (χ4n) is 3.74. The van der Waals surface area contributed by atoms with Gasteiger partial charge in [-0.3, -0.25) is 4.79 Å². The van der Waals surface area contributed by atoms with Gasteiger partial charge >= 0.3 is 5.97 Å². The Morgan fingerprint density at radius 3 is 2.14 bits per heavy atom. The van der Waals surface area contributed by atoms with Crippen molar-refractivity contribution >= 4 is 23.2 Å². The number of aliphatic carboxylic acids is 1. The number of rotatable bonds is 7. The largest absolute Gasteiger partial charge is 0.493 e. The van der Waals surface area contributed by atoms with E-state index in [-0.39, 0.29) is 0 Å². The molecule has 1 unspecified atom stereocenters. The van der Waals surface area contributed by atoms with Gasteiger partial charge in [-0.15, -0.1) is 0 Å². The predicted molar refractivity (Wildman–Crippen MR) is 114 cm³/mol. The van der Waals surface area contributed by atoms with E-state index in [1.165, 1.54) is 0 Å². The van der Waals surface area contributed by atoms with Crippen LogP contribution >= 0.6 is 0 Å². The maximum absolute atomic E-state index is 11.4. The molecule has 2 aromatic rings. The third kappa shape index (κ3) is 3.86. The molecule has 29 heavy (non-hydrogen) atoms. The Labute approximate surface area is 171 Å². The van der Waals surface area contributed by atoms with E-state index < -0.39 is 11.9 Å². The fourth-order valence-corrected chi connectivity index (χ4v) is 3.74. The van der Waals surface area contributed by atoms with Gasteiger partial charge in [0.05, 0.1) is 27.2 Å². The summed E-state index contributed by atoms with van der Waals surface area (Å²) < 4.78 is 16.3. The van der Waals surface area contributed by atoms with Crippen LogP contribution in [-0.4, -0.2) is 32.4 Å². The molecular formula is C24H26O5. The van der Waals surface area contributed by atoms with Crippen LogP contribution in [0.3, 0.4) is 0 Å². The second kappa shape index (κ2) is 8.43. The van der Waals surface area contributed by atoms with Gasteiger partial charge in [0.2, 0.25) is 5.75 Å². The Morgan fingerprint density at radius 2 is 1.62 bits per heavy atom. The van der Waals surface area contributed by atoms with Crippen molar-refractivity contribution in [3.05, 3.63) is 58.7 Å². The van der Waals surface area contributed by atoms with Crippen molar-refractivity contribution in [3.63, 3.8) is 0 Å². The Kier molecular flexibility index (Phi) is 5.97. The number of carbonyl (C=O) groups is 1. The molecule has 3 rings (SSSR count). The second-order valence-corrected chi connectivity index (χ2v) is 7.11. The number of benzene rings is 2. The first kappa shape index (κ1) is 20.5. The number of hydrogen-bond acceptors (Lipinski definition) is 4. The molecule has 0 aliphatic heterocycles. The van der Waals surface area contributed by atoms with Gasteiger partial charge in [-0.2, -0.15) is 0 Å². The normalized spacial score (nSPS) is 15.3. The van der Waals surface area contributed by atoms with E-state index >= 15 is 0 Å². The van der Waals surface area contributed by atoms with Gasteiger partial charge in [-0.25, -0.2) is 0 Å². The average molecular weight is 394 g/mol. The first-order valence-corrected chi connectivity index (χ1v) is 9.45. The quantitative estimate of drug-likeness (QED) is 0.703. The number of ether oxygens (including phenoxy) is 3. The zero-order valence-corrected chi connectivity index (χ0v) is 17.4. The number of carboxylic acid groups (broad SMARTS) is 1. The van der Waals surface area contributed by atoms with Gasteiger partial charge < -0.3 is 19.3 Å². The molecule has 5 nitrogen and oxygen atoms in total. The summed E-state index contributed by atoms with van der Waals surface area (Å²) in [5.41, 5.74) is 6.35. The number of methoxy groups -OCH3 is 3. The highest BCUT2D eigenvalue weighted by molar-refractivity contribution is 6.05. The van der Waals surface area contributed by atoms with E-state index in [0.29, 0.717) is 23.7 Å². The van der Waals surface area contributed by atoms with E-state index in [4.69, 9.17) is 14.2 Å². The summed E-state index contributed by atoms with van der Waals surface area (Å²) in [5.74, 6) is 0.489. The highest BCUT2D eigenvalue weighted by Gasteiger charge is 2.26. The Balaban J connectivity index is 2.14.